The molecule has 0 aliphatic rings. The van der Waals surface area contributed by atoms with Gasteiger partial charge in [-0.05, 0) is 35.0 Å². The second-order valence-electron chi connectivity index (χ2n) is 2.50. The number of hydrogen-bond donors (Lipinski definition) is 1. The van der Waals surface area contributed by atoms with Crippen molar-refractivity contribution in [1.29, 1.82) is 0 Å². The Labute approximate surface area is 94.8 Å². The molecule has 0 fully saturated rings. The molecular formula is C9H8BrClO3. The number of carboxylic acid groups (broad SMARTS) is 1. The molecule has 0 aromatic heterocycles. The molecule has 0 radical (unpaired) electrons. The van der Waals surface area contributed by atoms with Crippen LogP contribution < -0.4 is 4.74 Å². The van der Waals surface area contributed by atoms with Gasteiger partial charge in [0.2, 0.25) is 0 Å². The Morgan fingerprint density at radius 3 is 2.79 bits per heavy atom. The Balaban J connectivity index is 3.28. The molecule has 0 amide bonds. The van der Waals surface area contributed by atoms with Crippen LogP contribution in [0.5, 0.6) is 5.75 Å². The van der Waals surface area contributed by atoms with Crippen LogP contribution in [0.2, 0.25) is 5.02 Å². The molecule has 0 spiro atoms. The molecule has 76 valence electrons. The summed E-state index contributed by atoms with van der Waals surface area (Å²) in [6.07, 6.45) is 0. The minimum absolute atomic E-state index is 0.0613. The molecule has 14 heavy (non-hydrogen) atoms. The maximum absolute atomic E-state index is 10.8. The predicted octanol–water partition coefficient (Wildman–Crippen LogP) is 3.20. The molecule has 0 heterocycles. The Kier molecular flexibility index (Phi) is 3.77. The highest BCUT2D eigenvalue weighted by Gasteiger charge is 2.15. The van der Waals surface area contributed by atoms with Crippen LogP contribution >= 0.6 is 27.5 Å². The third-order valence-electron chi connectivity index (χ3n) is 1.53. The van der Waals surface area contributed by atoms with Crippen molar-refractivity contribution in [2.75, 3.05) is 6.61 Å². The fourth-order valence-corrected chi connectivity index (χ4v) is 1.93. The van der Waals surface area contributed by atoms with E-state index in [2.05, 4.69) is 15.9 Å². The molecule has 5 heteroatoms. The summed E-state index contributed by atoms with van der Waals surface area (Å²) < 4.78 is 5.74. The molecule has 0 unspecified atom stereocenters. The monoisotopic (exact) mass is 278 g/mol. The Morgan fingerprint density at radius 1 is 1.64 bits per heavy atom. The second kappa shape index (κ2) is 4.66. The van der Waals surface area contributed by atoms with Crippen molar-refractivity contribution in [3.05, 3.63) is 27.2 Å². The number of halogens is 2. The number of rotatable bonds is 3. The summed E-state index contributed by atoms with van der Waals surface area (Å²) in [7, 11) is 0. The lowest BCUT2D eigenvalue weighted by molar-refractivity contribution is 0.0692. The lowest BCUT2D eigenvalue weighted by Crippen LogP contribution is -2.03. The summed E-state index contributed by atoms with van der Waals surface area (Å²) in [6.45, 7) is 2.19. The van der Waals surface area contributed by atoms with E-state index in [-0.39, 0.29) is 5.56 Å². The molecule has 1 aromatic rings. The summed E-state index contributed by atoms with van der Waals surface area (Å²) in [5.41, 5.74) is 0.0613. The zero-order chi connectivity index (χ0) is 10.7. The highest BCUT2D eigenvalue weighted by atomic mass is 79.9. The van der Waals surface area contributed by atoms with Crippen LogP contribution in [0, 0.1) is 0 Å². The number of benzene rings is 1. The van der Waals surface area contributed by atoms with E-state index in [0.29, 0.717) is 21.9 Å². The Morgan fingerprint density at radius 2 is 2.29 bits per heavy atom. The highest BCUT2D eigenvalue weighted by Crippen LogP contribution is 2.32. The van der Waals surface area contributed by atoms with Gasteiger partial charge in [-0.3, -0.25) is 0 Å². The van der Waals surface area contributed by atoms with Crippen molar-refractivity contribution < 1.29 is 14.6 Å². The van der Waals surface area contributed by atoms with Crippen LogP contribution in [0.1, 0.15) is 17.3 Å². The first kappa shape index (κ1) is 11.3. The van der Waals surface area contributed by atoms with Crippen LogP contribution in [0.4, 0.5) is 0 Å². The van der Waals surface area contributed by atoms with Crippen molar-refractivity contribution in [2.45, 2.75) is 6.92 Å². The SMILES string of the molecule is CCOc1c(Br)cc(Cl)cc1C(=O)O. The fraction of sp³-hybridized carbons (Fsp3) is 0.222. The van der Waals surface area contributed by atoms with E-state index >= 15 is 0 Å². The van der Waals surface area contributed by atoms with Crippen LogP contribution in [0.15, 0.2) is 16.6 Å². The average Bonchev–Trinajstić information content (AvgIpc) is 2.09. The summed E-state index contributed by atoms with van der Waals surface area (Å²) in [5, 5.41) is 9.24. The maximum atomic E-state index is 10.8. The van der Waals surface area contributed by atoms with Gasteiger partial charge in [0.1, 0.15) is 11.3 Å². The number of aromatic carboxylic acids is 1. The first-order chi connectivity index (χ1) is 6.56. The first-order valence-corrected chi connectivity index (χ1v) is 5.08. The standard InChI is InChI=1S/C9H8BrClO3/c1-2-14-8-6(9(12)13)3-5(11)4-7(8)10/h3-4H,2H2,1H3,(H,12,13). The van der Waals surface area contributed by atoms with Gasteiger partial charge in [0.15, 0.2) is 0 Å². The van der Waals surface area contributed by atoms with Crippen LogP contribution in [-0.4, -0.2) is 17.7 Å². The lowest BCUT2D eigenvalue weighted by atomic mass is 10.2. The molecule has 3 nitrogen and oxygen atoms in total. The molecule has 0 bridgehead atoms. The first-order valence-electron chi connectivity index (χ1n) is 3.91. The van der Waals surface area contributed by atoms with E-state index in [9.17, 15) is 4.79 Å². The minimum atomic E-state index is -1.06. The average molecular weight is 280 g/mol. The fourth-order valence-electron chi connectivity index (χ4n) is 1.01. The zero-order valence-corrected chi connectivity index (χ0v) is 9.72. The quantitative estimate of drug-likeness (QED) is 0.924. The zero-order valence-electron chi connectivity index (χ0n) is 7.38. The highest BCUT2D eigenvalue weighted by molar-refractivity contribution is 9.10. The smallest absolute Gasteiger partial charge is 0.339 e. The molecule has 0 saturated heterocycles. The Bertz CT molecular complexity index is 365. The number of hydrogen-bond acceptors (Lipinski definition) is 2. The summed E-state index contributed by atoms with van der Waals surface area (Å²) in [6, 6.07) is 2.96. The van der Waals surface area contributed by atoms with Gasteiger partial charge in [-0.2, -0.15) is 0 Å². The number of carbonyl (C=O) groups is 1. The molecule has 1 aromatic carbocycles. The van der Waals surface area contributed by atoms with E-state index < -0.39 is 5.97 Å². The van der Waals surface area contributed by atoms with Gasteiger partial charge in [-0.15, -0.1) is 0 Å². The summed E-state index contributed by atoms with van der Waals surface area (Å²) in [4.78, 5) is 10.8. The van der Waals surface area contributed by atoms with E-state index in [0.717, 1.165) is 0 Å². The van der Waals surface area contributed by atoms with Crippen molar-refractivity contribution in [1.82, 2.24) is 0 Å². The van der Waals surface area contributed by atoms with Crippen molar-refractivity contribution >= 4 is 33.5 Å². The van der Waals surface area contributed by atoms with Gasteiger partial charge >= 0.3 is 5.97 Å². The predicted molar refractivity (Wildman–Crippen MR) is 57.3 cm³/mol. The summed E-state index contributed by atoms with van der Waals surface area (Å²) in [5.74, 6) is -0.749. The molecule has 0 aliphatic heterocycles. The normalized spacial score (nSPS) is 9.93. The van der Waals surface area contributed by atoms with Crippen molar-refractivity contribution in [3.63, 3.8) is 0 Å². The van der Waals surface area contributed by atoms with Gasteiger partial charge in [0.25, 0.3) is 0 Å². The van der Waals surface area contributed by atoms with Crippen LogP contribution in [0.25, 0.3) is 0 Å². The van der Waals surface area contributed by atoms with Crippen LogP contribution in [0.3, 0.4) is 0 Å². The van der Waals surface area contributed by atoms with E-state index in [1.165, 1.54) is 6.07 Å². The third-order valence-corrected chi connectivity index (χ3v) is 2.33. The molecule has 1 rings (SSSR count). The third kappa shape index (κ3) is 2.39. The second-order valence-corrected chi connectivity index (χ2v) is 3.79. The topological polar surface area (TPSA) is 46.5 Å². The van der Waals surface area contributed by atoms with Gasteiger partial charge in [0, 0.05) is 5.02 Å². The Hall–Kier alpha value is -0.740. The van der Waals surface area contributed by atoms with Gasteiger partial charge < -0.3 is 9.84 Å². The van der Waals surface area contributed by atoms with E-state index in [4.69, 9.17) is 21.4 Å². The molecule has 0 aliphatic carbocycles. The van der Waals surface area contributed by atoms with E-state index in [1.54, 1.807) is 13.0 Å². The lowest BCUT2D eigenvalue weighted by Gasteiger charge is -2.09. The molecule has 0 saturated carbocycles. The van der Waals surface area contributed by atoms with Gasteiger partial charge in [0.05, 0.1) is 11.1 Å². The van der Waals surface area contributed by atoms with Gasteiger partial charge in [-0.25, -0.2) is 4.79 Å². The minimum Gasteiger partial charge on any atom is -0.492 e. The van der Waals surface area contributed by atoms with Gasteiger partial charge in [-0.1, -0.05) is 11.6 Å². The number of carboxylic acids is 1. The van der Waals surface area contributed by atoms with Crippen LogP contribution in [-0.2, 0) is 0 Å². The van der Waals surface area contributed by atoms with E-state index in [1.807, 2.05) is 0 Å². The largest absolute Gasteiger partial charge is 0.492 e. The van der Waals surface area contributed by atoms with Crippen molar-refractivity contribution in [2.24, 2.45) is 0 Å². The molecular weight excluding hydrogens is 271 g/mol. The maximum Gasteiger partial charge on any atom is 0.339 e. The number of ether oxygens (including phenoxy) is 1. The molecule has 1 N–H and O–H groups in total. The molecule has 0 atom stereocenters. The van der Waals surface area contributed by atoms with Crippen molar-refractivity contribution in [3.8, 4) is 5.75 Å². The summed E-state index contributed by atoms with van der Waals surface area (Å²) >= 11 is 8.91.